The maximum absolute atomic E-state index is 12.6. The number of hydrogen-bond donors (Lipinski definition) is 1. The molecule has 0 fully saturated rings. The highest BCUT2D eigenvalue weighted by molar-refractivity contribution is 6.06. The molecular formula is C22H14N4O2. The van der Waals surface area contributed by atoms with E-state index in [1.807, 2.05) is 36.4 Å². The van der Waals surface area contributed by atoms with Gasteiger partial charge >= 0.3 is 0 Å². The number of benzene rings is 2. The topological polar surface area (TPSA) is 80.9 Å². The summed E-state index contributed by atoms with van der Waals surface area (Å²) < 4.78 is 5.78. The maximum Gasteiger partial charge on any atom is 0.255 e. The van der Waals surface area contributed by atoms with Crippen molar-refractivity contribution in [2.45, 2.75) is 0 Å². The molecular weight excluding hydrogens is 352 g/mol. The third-order valence-corrected chi connectivity index (χ3v) is 4.42. The minimum absolute atomic E-state index is 0.193. The lowest BCUT2D eigenvalue weighted by atomic mass is 10.1. The van der Waals surface area contributed by atoms with Crippen LogP contribution >= 0.6 is 0 Å². The number of rotatable bonds is 3. The summed E-state index contributed by atoms with van der Waals surface area (Å²) in [5.41, 5.74) is 4.18. The normalized spacial score (nSPS) is 11.0. The molecule has 0 aliphatic rings. The van der Waals surface area contributed by atoms with E-state index in [-0.39, 0.29) is 5.91 Å². The van der Waals surface area contributed by atoms with Crippen LogP contribution in [-0.4, -0.2) is 20.9 Å². The van der Waals surface area contributed by atoms with E-state index in [0.29, 0.717) is 28.2 Å². The molecule has 3 aromatic heterocycles. The van der Waals surface area contributed by atoms with Crippen molar-refractivity contribution in [2.75, 3.05) is 5.32 Å². The van der Waals surface area contributed by atoms with Crippen LogP contribution in [0.2, 0.25) is 0 Å². The van der Waals surface area contributed by atoms with Crippen LogP contribution in [0.25, 0.3) is 33.5 Å². The van der Waals surface area contributed by atoms with Crippen molar-refractivity contribution < 1.29 is 9.21 Å². The average Bonchev–Trinajstić information content (AvgIpc) is 3.17. The molecule has 0 bridgehead atoms. The summed E-state index contributed by atoms with van der Waals surface area (Å²) in [6.07, 6.45) is 5.12. The van der Waals surface area contributed by atoms with E-state index in [0.717, 1.165) is 16.5 Å². The van der Waals surface area contributed by atoms with Crippen molar-refractivity contribution in [1.29, 1.82) is 0 Å². The average molecular weight is 366 g/mol. The second-order valence-corrected chi connectivity index (χ2v) is 6.31. The molecule has 134 valence electrons. The Hall–Kier alpha value is -4.06. The first kappa shape index (κ1) is 16.1. The number of fused-ring (bicyclic) bond motifs is 2. The van der Waals surface area contributed by atoms with Crippen LogP contribution in [0.3, 0.4) is 0 Å². The third kappa shape index (κ3) is 2.97. The highest BCUT2D eigenvalue weighted by atomic mass is 16.3. The zero-order chi connectivity index (χ0) is 18.9. The molecule has 0 spiro atoms. The number of oxazole rings is 1. The summed E-state index contributed by atoms with van der Waals surface area (Å²) in [6, 6.07) is 18.3. The Morgan fingerprint density at radius 2 is 1.86 bits per heavy atom. The molecule has 0 saturated heterocycles. The summed E-state index contributed by atoms with van der Waals surface area (Å²) >= 11 is 0. The van der Waals surface area contributed by atoms with E-state index in [2.05, 4.69) is 20.3 Å². The SMILES string of the molecule is O=C(Nc1ccc2oc(-c3cccnc3)nc2c1)c1ccc2ncccc2c1. The monoisotopic (exact) mass is 366 g/mol. The van der Waals surface area contributed by atoms with E-state index in [4.69, 9.17) is 4.42 Å². The number of amides is 1. The number of aromatic nitrogens is 3. The van der Waals surface area contributed by atoms with Gasteiger partial charge < -0.3 is 9.73 Å². The Labute approximate surface area is 159 Å². The van der Waals surface area contributed by atoms with Crippen molar-refractivity contribution in [2.24, 2.45) is 0 Å². The van der Waals surface area contributed by atoms with Crippen molar-refractivity contribution in [1.82, 2.24) is 15.0 Å². The molecule has 3 heterocycles. The van der Waals surface area contributed by atoms with Crippen LogP contribution in [0.1, 0.15) is 10.4 Å². The number of anilines is 1. The third-order valence-electron chi connectivity index (χ3n) is 4.42. The first-order valence-electron chi connectivity index (χ1n) is 8.73. The number of nitrogens with zero attached hydrogens (tertiary/aromatic N) is 3. The molecule has 0 radical (unpaired) electrons. The number of carbonyl (C=O) groups is 1. The Morgan fingerprint density at radius 3 is 2.75 bits per heavy atom. The van der Waals surface area contributed by atoms with E-state index < -0.39 is 0 Å². The van der Waals surface area contributed by atoms with Crippen molar-refractivity contribution in [3.8, 4) is 11.5 Å². The van der Waals surface area contributed by atoms with Gasteiger partial charge in [-0.2, -0.15) is 0 Å². The van der Waals surface area contributed by atoms with Gasteiger partial charge in [0.1, 0.15) is 5.52 Å². The van der Waals surface area contributed by atoms with Gasteiger partial charge in [-0.1, -0.05) is 6.07 Å². The summed E-state index contributed by atoms with van der Waals surface area (Å²) in [7, 11) is 0. The smallest absolute Gasteiger partial charge is 0.255 e. The minimum Gasteiger partial charge on any atom is -0.436 e. The molecule has 1 N–H and O–H groups in total. The Bertz CT molecular complexity index is 1310. The summed E-state index contributed by atoms with van der Waals surface area (Å²) in [6.45, 7) is 0. The van der Waals surface area contributed by atoms with Crippen LogP contribution in [0.4, 0.5) is 5.69 Å². The lowest BCUT2D eigenvalue weighted by Crippen LogP contribution is -2.11. The summed E-state index contributed by atoms with van der Waals surface area (Å²) in [5, 5.41) is 3.83. The zero-order valence-electron chi connectivity index (χ0n) is 14.7. The van der Waals surface area contributed by atoms with Crippen LogP contribution in [0.5, 0.6) is 0 Å². The molecule has 2 aromatic carbocycles. The number of carbonyl (C=O) groups excluding carboxylic acids is 1. The van der Waals surface area contributed by atoms with Gasteiger partial charge in [0.25, 0.3) is 5.91 Å². The van der Waals surface area contributed by atoms with E-state index >= 15 is 0 Å². The zero-order valence-corrected chi connectivity index (χ0v) is 14.7. The largest absolute Gasteiger partial charge is 0.436 e. The predicted octanol–water partition coefficient (Wildman–Crippen LogP) is 4.69. The van der Waals surface area contributed by atoms with E-state index in [9.17, 15) is 4.79 Å². The second kappa shape index (κ2) is 6.59. The van der Waals surface area contributed by atoms with Gasteiger partial charge in [0, 0.05) is 35.2 Å². The Balaban J connectivity index is 1.43. The second-order valence-electron chi connectivity index (χ2n) is 6.31. The lowest BCUT2D eigenvalue weighted by Gasteiger charge is -2.06. The molecule has 6 nitrogen and oxygen atoms in total. The molecule has 0 aliphatic carbocycles. The fraction of sp³-hybridized carbons (Fsp3) is 0. The summed E-state index contributed by atoms with van der Waals surface area (Å²) in [5.74, 6) is 0.301. The number of nitrogens with one attached hydrogen (secondary N) is 1. The van der Waals surface area contributed by atoms with Gasteiger partial charge in [-0.3, -0.25) is 14.8 Å². The minimum atomic E-state index is -0.193. The molecule has 6 heteroatoms. The van der Waals surface area contributed by atoms with Crippen LogP contribution in [-0.2, 0) is 0 Å². The van der Waals surface area contributed by atoms with Crippen molar-refractivity contribution in [3.63, 3.8) is 0 Å². The molecule has 5 aromatic rings. The number of pyridine rings is 2. The molecule has 0 atom stereocenters. The fourth-order valence-corrected chi connectivity index (χ4v) is 3.04. The van der Waals surface area contributed by atoms with Crippen molar-refractivity contribution >= 4 is 33.6 Å². The van der Waals surface area contributed by atoms with Gasteiger partial charge in [-0.15, -0.1) is 0 Å². The van der Waals surface area contributed by atoms with Gasteiger partial charge in [0.05, 0.1) is 11.1 Å². The van der Waals surface area contributed by atoms with Gasteiger partial charge in [-0.05, 0) is 54.6 Å². The molecule has 1 amide bonds. The van der Waals surface area contributed by atoms with E-state index in [1.165, 1.54) is 0 Å². The van der Waals surface area contributed by atoms with Gasteiger partial charge in [-0.25, -0.2) is 4.98 Å². The van der Waals surface area contributed by atoms with E-state index in [1.54, 1.807) is 42.9 Å². The van der Waals surface area contributed by atoms with Gasteiger partial charge in [0.15, 0.2) is 5.58 Å². The molecule has 0 unspecified atom stereocenters. The van der Waals surface area contributed by atoms with Crippen LogP contribution < -0.4 is 5.32 Å². The maximum atomic E-state index is 12.6. The van der Waals surface area contributed by atoms with Crippen LogP contribution in [0, 0.1) is 0 Å². The van der Waals surface area contributed by atoms with Crippen LogP contribution in [0.15, 0.2) is 83.7 Å². The fourth-order valence-electron chi connectivity index (χ4n) is 3.04. The molecule has 28 heavy (non-hydrogen) atoms. The summed E-state index contributed by atoms with van der Waals surface area (Å²) in [4.78, 5) is 25.5. The standard InChI is InChI=1S/C22H14N4O2/c27-21(15-5-7-18-14(11-15)3-2-10-24-18)25-17-6-8-20-19(12-17)26-22(28-20)16-4-1-9-23-13-16/h1-13H,(H,25,27). The van der Waals surface area contributed by atoms with Gasteiger partial charge in [0.2, 0.25) is 5.89 Å². The molecule has 5 rings (SSSR count). The predicted molar refractivity (Wildman–Crippen MR) is 107 cm³/mol. The quantitative estimate of drug-likeness (QED) is 0.501. The lowest BCUT2D eigenvalue weighted by molar-refractivity contribution is 0.102. The Kier molecular flexibility index (Phi) is 3.80. The highest BCUT2D eigenvalue weighted by Crippen LogP contribution is 2.26. The number of hydrogen-bond acceptors (Lipinski definition) is 5. The molecule has 0 aliphatic heterocycles. The van der Waals surface area contributed by atoms with Crippen molar-refractivity contribution in [3.05, 3.63) is 84.8 Å². The molecule has 0 saturated carbocycles. The first-order chi connectivity index (χ1) is 13.8. The Morgan fingerprint density at radius 1 is 0.929 bits per heavy atom. The first-order valence-corrected chi connectivity index (χ1v) is 8.73. The highest BCUT2D eigenvalue weighted by Gasteiger charge is 2.11.